The fraction of sp³-hybridized carbons (Fsp3) is 0.714. The Kier molecular flexibility index (Phi) is 14.5. The van der Waals surface area contributed by atoms with Crippen LogP contribution in [-0.4, -0.2) is 29.7 Å². The number of carbonyl (C=O) groups is 2. The number of carbonyl (C=O) groups excluding carboxylic acids is 2. The predicted molar refractivity (Wildman–Crippen MR) is 169 cm³/mol. The van der Waals surface area contributed by atoms with Gasteiger partial charge in [0, 0.05) is 6.04 Å². The summed E-state index contributed by atoms with van der Waals surface area (Å²) in [5.74, 6) is 0.0624. The molecule has 0 aliphatic heterocycles. The Bertz CT molecular complexity index is 907. The van der Waals surface area contributed by atoms with Gasteiger partial charge in [-0.2, -0.15) is 0 Å². The lowest BCUT2D eigenvalue weighted by Crippen LogP contribution is -2.43. The van der Waals surface area contributed by atoms with Gasteiger partial charge >= 0.3 is 6.09 Å². The molecule has 5 nitrogen and oxygen atoms in total. The van der Waals surface area contributed by atoms with Gasteiger partial charge in [-0.1, -0.05) is 111 Å². The van der Waals surface area contributed by atoms with E-state index >= 15 is 0 Å². The number of hydrogen-bond acceptors (Lipinski definition) is 3. The van der Waals surface area contributed by atoms with Crippen molar-refractivity contribution >= 4 is 12.0 Å². The van der Waals surface area contributed by atoms with Crippen LogP contribution in [0.3, 0.4) is 0 Å². The van der Waals surface area contributed by atoms with Crippen molar-refractivity contribution in [3.8, 4) is 0 Å². The maximum Gasteiger partial charge on any atom is 0.408 e. The van der Waals surface area contributed by atoms with Crippen molar-refractivity contribution in [3.05, 3.63) is 48.0 Å². The molecule has 3 atom stereocenters. The van der Waals surface area contributed by atoms with Crippen molar-refractivity contribution in [2.45, 2.75) is 139 Å². The lowest BCUT2D eigenvalue weighted by molar-refractivity contribution is -0.124. The molecule has 5 heteroatoms. The molecule has 1 aromatic rings. The lowest BCUT2D eigenvalue weighted by atomic mass is 9.77. The van der Waals surface area contributed by atoms with Crippen molar-refractivity contribution < 1.29 is 14.3 Å². The fourth-order valence-electron chi connectivity index (χ4n) is 5.18. The minimum Gasteiger partial charge on any atom is -0.444 e. The summed E-state index contributed by atoms with van der Waals surface area (Å²) in [6.07, 6.45) is 10.3. The van der Waals surface area contributed by atoms with E-state index in [1.54, 1.807) is 0 Å². The molecule has 0 bridgehead atoms. The molecule has 2 amide bonds. The minimum absolute atomic E-state index is 0.0428. The van der Waals surface area contributed by atoms with Crippen LogP contribution in [0.5, 0.6) is 0 Å². The van der Waals surface area contributed by atoms with Crippen LogP contribution in [0.4, 0.5) is 4.79 Å². The first-order chi connectivity index (χ1) is 18.4. The van der Waals surface area contributed by atoms with Gasteiger partial charge in [-0.25, -0.2) is 4.79 Å². The molecule has 2 N–H and O–H groups in total. The van der Waals surface area contributed by atoms with Crippen LogP contribution in [0.2, 0.25) is 0 Å². The van der Waals surface area contributed by atoms with Gasteiger partial charge in [-0.3, -0.25) is 4.79 Å². The highest BCUT2D eigenvalue weighted by Gasteiger charge is 2.29. The molecular weight excluding hydrogens is 496 g/mol. The largest absolute Gasteiger partial charge is 0.444 e. The number of alkyl carbamates (subject to hydrolysis) is 1. The third-order valence-corrected chi connectivity index (χ3v) is 6.85. The minimum atomic E-state index is -0.571. The molecule has 0 spiro atoms. The van der Waals surface area contributed by atoms with Crippen molar-refractivity contribution in [2.75, 3.05) is 0 Å². The molecule has 0 aromatic heterocycles. The van der Waals surface area contributed by atoms with Crippen LogP contribution in [0.1, 0.15) is 120 Å². The van der Waals surface area contributed by atoms with Gasteiger partial charge in [0.25, 0.3) is 0 Å². The number of unbranched alkanes of at least 4 members (excludes halogenated alkanes) is 1. The standard InChI is InChI=1S/C35H60N2O3/c1-12-13-21-35(10,11)25-30(24-33(4,5)6)36-31(38)28(23-27-17-15-14-16-18-27)19-20-29(22-26(2)3)37-32(39)40-34(7,8)9/h14-20,26,28-30H,12-13,21-25H2,1-11H3,(H,36,38)(H,37,39)/b20-19+/t28-,29-,30?/m1/s1. The van der Waals surface area contributed by atoms with E-state index in [0.717, 1.165) is 31.2 Å². The second kappa shape index (κ2) is 16.2. The predicted octanol–water partition coefficient (Wildman–Crippen LogP) is 8.87. The molecule has 0 heterocycles. The van der Waals surface area contributed by atoms with E-state index in [-0.39, 0.29) is 34.7 Å². The first kappa shape index (κ1) is 35.7. The highest BCUT2D eigenvalue weighted by molar-refractivity contribution is 5.81. The quantitative estimate of drug-likeness (QED) is 0.212. The lowest BCUT2D eigenvalue weighted by Gasteiger charge is -2.34. The summed E-state index contributed by atoms with van der Waals surface area (Å²) >= 11 is 0. The highest BCUT2D eigenvalue weighted by Crippen LogP contribution is 2.33. The van der Waals surface area contributed by atoms with Crippen molar-refractivity contribution in [1.29, 1.82) is 0 Å². The van der Waals surface area contributed by atoms with E-state index < -0.39 is 11.7 Å². The summed E-state index contributed by atoms with van der Waals surface area (Å²) in [4.78, 5) is 26.5. The van der Waals surface area contributed by atoms with Crippen LogP contribution < -0.4 is 10.6 Å². The van der Waals surface area contributed by atoms with Gasteiger partial charge in [-0.15, -0.1) is 0 Å². The van der Waals surface area contributed by atoms with Crippen LogP contribution in [0, 0.1) is 22.7 Å². The van der Waals surface area contributed by atoms with Crippen molar-refractivity contribution in [1.82, 2.24) is 10.6 Å². The summed E-state index contributed by atoms with van der Waals surface area (Å²) < 4.78 is 5.51. The molecule has 0 radical (unpaired) electrons. The molecule has 0 aliphatic rings. The summed E-state index contributed by atoms with van der Waals surface area (Å²) in [6.45, 7) is 23.4. The number of nitrogens with one attached hydrogen (secondary N) is 2. The molecule has 0 saturated heterocycles. The Morgan fingerprint density at radius 3 is 2.05 bits per heavy atom. The summed E-state index contributed by atoms with van der Waals surface area (Å²) in [5, 5.41) is 6.47. The zero-order valence-corrected chi connectivity index (χ0v) is 27.5. The monoisotopic (exact) mass is 556 g/mol. The van der Waals surface area contributed by atoms with E-state index in [4.69, 9.17) is 4.74 Å². The van der Waals surface area contributed by atoms with Gasteiger partial charge < -0.3 is 15.4 Å². The number of amides is 2. The van der Waals surface area contributed by atoms with Crippen molar-refractivity contribution in [3.63, 3.8) is 0 Å². The third kappa shape index (κ3) is 16.7. The van der Waals surface area contributed by atoms with Crippen LogP contribution in [0.15, 0.2) is 42.5 Å². The Balaban J connectivity index is 3.23. The molecule has 228 valence electrons. The van der Waals surface area contributed by atoms with Crippen molar-refractivity contribution in [2.24, 2.45) is 22.7 Å². The van der Waals surface area contributed by atoms with Gasteiger partial charge in [0.05, 0.1) is 12.0 Å². The normalized spacial score (nSPS) is 15.1. The first-order valence-corrected chi connectivity index (χ1v) is 15.4. The summed E-state index contributed by atoms with van der Waals surface area (Å²) in [6, 6.07) is 10.0. The van der Waals surface area contributed by atoms with Gasteiger partial charge in [0.1, 0.15) is 5.60 Å². The number of hydrogen-bond donors (Lipinski definition) is 2. The summed E-state index contributed by atoms with van der Waals surface area (Å²) in [7, 11) is 0. The van der Waals surface area contributed by atoms with E-state index in [1.165, 1.54) is 12.8 Å². The SMILES string of the molecule is CCCCC(C)(C)CC(CC(C)(C)C)NC(=O)[C@H](/C=C/[C@H](CC(C)C)NC(=O)OC(C)(C)C)Cc1ccccc1. The molecule has 0 fully saturated rings. The maximum atomic E-state index is 13.9. The molecule has 1 rings (SSSR count). The number of rotatable bonds is 15. The molecule has 40 heavy (non-hydrogen) atoms. The second-order valence-electron chi connectivity index (χ2n) is 15.0. The number of benzene rings is 1. The zero-order chi connectivity index (χ0) is 30.6. The maximum absolute atomic E-state index is 13.9. The Labute approximate surface area is 246 Å². The van der Waals surface area contributed by atoms with Gasteiger partial charge in [0.2, 0.25) is 5.91 Å². The van der Waals surface area contributed by atoms with Gasteiger partial charge in [-0.05, 0) is 75.2 Å². The Morgan fingerprint density at radius 1 is 0.900 bits per heavy atom. The van der Waals surface area contributed by atoms with Crippen LogP contribution in [-0.2, 0) is 16.0 Å². The molecule has 0 saturated carbocycles. The Hall–Kier alpha value is -2.30. The first-order valence-electron chi connectivity index (χ1n) is 15.4. The average Bonchev–Trinajstić information content (AvgIpc) is 2.77. The van der Waals surface area contributed by atoms with E-state index in [2.05, 4.69) is 78.2 Å². The average molecular weight is 557 g/mol. The van der Waals surface area contributed by atoms with Gasteiger partial charge in [0.15, 0.2) is 0 Å². The van der Waals surface area contributed by atoms with Crippen LogP contribution >= 0.6 is 0 Å². The van der Waals surface area contributed by atoms with E-state index in [0.29, 0.717) is 12.3 Å². The molecule has 1 unspecified atom stereocenters. The zero-order valence-electron chi connectivity index (χ0n) is 27.5. The molecule has 1 aromatic carbocycles. The fourth-order valence-corrected chi connectivity index (χ4v) is 5.18. The second-order valence-corrected chi connectivity index (χ2v) is 15.0. The van der Waals surface area contributed by atoms with E-state index in [9.17, 15) is 9.59 Å². The summed E-state index contributed by atoms with van der Waals surface area (Å²) in [5.41, 5.74) is 0.801. The molecule has 0 aliphatic carbocycles. The highest BCUT2D eigenvalue weighted by atomic mass is 16.6. The van der Waals surface area contributed by atoms with E-state index in [1.807, 2.05) is 51.1 Å². The Morgan fingerprint density at radius 2 is 1.52 bits per heavy atom. The van der Waals surface area contributed by atoms with Crippen LogP contribution in [0.25, 0.3) is 0 Å². The number of ether oxygens (including phenoxy) is 1. The third-order valence-electron chi connectivity index (χ3n) is 6.85. The smallest absolute Gasteiger partial charge is 0.408 e. The molecular formula is C35H60N2O3. The topological polar surface area (TPSA) is 67.4 Å².